The molecule has 0 aromatic heterocycles. The second-order valence-electron chi connectivity index (χ2n) is 3.36. The van der Waals surface area contributed by atoms with Crippen LogP contribution >= 0.6 is 0 Å². The second kappa shape index (κ2) is 5.67. The van der Waals surface area contributed by atoms with Crippen molar-refractivity contribution in [1.29, 1.82) is 0 Å². The minimum atomic E-state index is -1.14. The summed E-state index contributed by atoms with van der Waals surface area (Å²) in [5.41, 5.74) is 3.11. The molecule has 0 aliphatic rings. The summed E-state index contributed by atoms with van der Waals surface area (Å²) in [6, 6.07) is 3.23. The summed E-state index contributed by atoms with van der Waals surface area (Å²) < 4.78 is 23.6. The normalized spacial score (nSPS) is 12.3. The Bertz CT molecular complexity index is 355. The monoisotopic (exact) mass is 229 g/mol. The summed E-state index contributed by atoms with van der Waals surface area (Å²) in [6.07, 6.45) is -1.14. The number of halogens is 1. The SMILES string of the molecule is COc1cc(CNO)c(C(C)F)cc1OC. The van der Waals surface area contributed by atoms with E-state index >= 15 is 0 Å². The molecule has 0 saturated carbocycles. The first-order valence-electron chi connectivity index (χ1n) is 4.89. The fraction of sp³-hybridized carbons (Fsp3) is 0.455. The molecule has 1 aromatic carbocycles. The van der Waals surface area contributed by atoms with E-state index in [1.165, 1.54) is 21.1 Å². The van der Waals surface area contributed by atoms with Gasteiger partial charge in [-0.25, -0.2) is 9.87 Å². The van der Waals surface area contributed by atoms with E-state index < -0.39 is 6.17 Å². The van der Waals surface area contributed by atoms with E-state index in [0.29, 0.717) is 22.6 Å². The Morgan fingerprint density at radius 3 is 2.31 bits per heavy atom. The molecule has 1 rings (SSSR count). The van der Waals surface area contributed by atoms with Crippen LogP contribution in [0.1, 0.15) is 24.2 Å². The van der Waals surface area contributed by atoms with Gasteiger partial charge in [-0.2, -0.15) is 0 Å². The molecular formula is C11H16FNO3. The number of nitrogens with one attached hydrogen (secondary N) is 1. The number of benzene rings is 1. The van der Waals surface area contributed by atoms with Gasteiger partial charge in [0, 0.05) is 6.54 Å². The molecule has 5 heteroatoms. The lowest BCUT2D eigenvalue weighted by Gasteiger charge is -2.15. The predicted octanol–water partition coefficient (Wildman–Crippen LogP) is 2.21. The molecule has 0 amide bonds. The molecule has 16 heavy (non-hydrogen) atoms. The lowest BCUT2D eigenvalue weighted by Crippen LogP contribution is -2.10. The van der Waals surface area contributed by atoms with Crippen molar-refractivity contribution in [2.45, 2.75) is 19.6 Å². The van der Waals surface area contributed by atoms with Gasteiger partial charge in [-0.3, -0.25) is 0 Å². The van der Waals surface area contributed by atoms with Gasteiger partial charge in [0.2, 0.25) is 0 Å². The van der Waals surface area contributed by atoms with E-state index in [0.717, 1.165) is 0 Å². The second-order valence-corrected chi connectivity index (χ2v) is 3.36. The van der Waals surface area contributed by atoms with Crippen LogP contribution in [0.3, 0.4) is 0 Å². The largest absolute Gasteiger partial charge is 0.493 e. The Balaban J connectivity index is 3.23. The van der Waals surface area contributed by atoms with Crippen LogP contribution in [0, 0.1) is 0 Å². The van der Waals surface area contributed by atoms with Crippen molar-refractivity contribution in [3.8, 4) is 11.5 Å². The Kier molecular flexibility index (Phi) is 4.52. The van der Waals surface area contributed by atoms with Crippen molar-refractivity contribution in [2.24, 2.45) is 0 Å². The van der Waals surface area contributed by atoms with Gasteiger partial charge in [0.15, 0.2) is 11.5 Å². The molecule has 0 fully saturated rings. The van der Waals surface area contributed by atoms with Gasteiger partial charge in [0.05, 0.1) is 14.2 Å². The third-order valence-electron chi connectivity index (χ3n) is 2.34. The van der Waals surface area contributed by atoms with E-state index in [1.54, 1.807) is 12.1 Å². The van der Waals surface area contributed by atoms with Crippen molar-refractivity contribution < 1.29 is 19.1 Å². The molecular weight excluding hydrogens is 213 g/mol. The third kappa shape index (κ3) is 2.62. The van der Waals surface area contributed by atoms with E-state index in [9.17, 15) is 4.39 Å². The van der Waals surface area contributed by atoms with Gasteiger partial charge >= 0.3 is 0 Å². The molecule has 1 atom stereocenters. The summed E-state index contributed by atoms with van der Waals surface area (Å²) in [6.45, 7) is 1.59. The van der Waals surface area contributed by atoms with E-state index in [-0.39, 0.29) is 6.54 Å². The number of hydrogen-bond acceptors (Lipinski definition) is 4. The molecule has 0 aliphatic carbocycles. The molecule has 0 heterocycles. The topological polar surface area (TPSA) is 50.7 Å². The van der Waals surface area contributed by atoms with Gasteiger partial charge in [0.1, 0.15) is 6.17 Å². The first-order valence-corrected chi connectivity index (χ1v) is 4.89. The third-order valence-corrected chi connectivity index (χ3v) is 2.34. The molecule has 90 valence electrons. The van der Waals surface area contributed by atoms with Crippen LogP contribution in [0.25, 0.3) is 0 Å². The minimum absolute atomic E-state index is 0.157. The van der Waals surface area contributed by atoms with Gasteiger partial charge in [-0.05, 0) is 30.2 Å². The van der Waals surface area contributed by atoms with Crippen molar-refractivity contribution >= 4 is 0 Å². The standard InChI is InChI=1S/C11H16FNO3/c1-7(12)9-5-11(16-3)10(15-2)4-8(9)6-13-14/h4-5,7,13-14H,6H2,1-3H3. The summed E-state index contributed by atoms with van der Waals surface area (Å²) >= 11 is 0. The number of rotatable bonds is 5. The summed E-state index contributed by atoms with van der Waals surface area (Å²) in [5, 5.41) is 8.67. The maximum absolute atomic E-state index is 13.4. The molecule has 1 aromatic rings. The highest BCUT2D eigenvalue weighted by molar-refractivity contribution is 5.48. The maximum atomic E-state index is 13.4. The summed E-state index contributed by atoms with van der Waals surface area (Å²) in [4.78, 5) is 0. The zero-order chi connectivity index (χ0) is 12.1. The Hall–Kier alpha value is -1.33. The van der Waals surface area contributed by atoms with E-state index in [1.807, 2.05) is 5.48 Å². The van der Waals surface area contributed by atoms with Crippen LogP contribution in [0.4, 0.5) is 4.39 Å². The number of ether oxygens (including phenoxy) is 2. The van der Waals surface area contributed by atoms with Gasteiger partial charge in [-0.1, -0.05) is 0 Å². The van der Waals surface area contributed by atoms with Crippen LogP contribution in [0.15, 0.2) is 12.1 Å². The first kappa shape index (κ1) is 12.7. The highest BCUT2D eigenvalue weighted by Gasteiger charge is 2.15. The lowest BCUT2D eigenvalue weighted by molar-refractivity contribution is 0.160. The van der Waals surface area contributed by atoms with E-state index in [2.05, 4.69) is 0 Å². The molecule has 1 unspecified atom stereocenters. The van der Waals surface area contributed by atoms with Gasteiger partial charge in [0.25, 0.3) is 0 Å². The molecule has 2 N–H and O–H groups in total. The zero-order valence-electron chi connectivity index (χ0n) is 9.58. The Morgan fingerprint density at radius 2 is 1.88 bits per heavy atom. The number of hydroxylamine groups is 1. The quantitative estimate of drug-likeness (QED) is 0.760. The van der Waals surface area contributed by atoms with Crippen LogP contribution in [-0.4, -0.2) is 19.4 Å². The minimum Gasteiger partial charge on any atom is -0.493 e. The summed E-state index contributed by atoms with van der Waals surface area (Å²) in [5.74, 6) is 0.987. The van der Waals surface area contributed by atoms with Crippen LogP contribution in [0.2, 0.25) is 0 Å². The van der Waals surface area contributed by atoms with Crippen molar-refractivity contribution in [3.63, 3.8) is 0 Å². The van der Waals surface area contributed by atoms with E-state index in [4.69, 9.17) is 14.7 Å². The van der Waals surface area contributed by atoms with Crippen LogP contribution in [-0.2, 0) is 6.54 Å². The Morgan fingerprint density at radius 1 is 1.31 bits per heavy atom. The smallest absolute Gasteiger partial charge is 0.161 e. The molecule has 0 saturated heterocycles. The average molecular weight is 229 g/mol. The highest BCUT2D eigenvalue weighted by atomic mass is 19.1. The lowest BCUT2D eigenvalue weighted by atomic mass is 10.0. The molecule has 0 radical (unpaired) electrons. The van der Waals surface area contributed by atoms with Crippen molar-refractivity contribution in [2.75, 3.05) is 14.2 Å². The van der Waals surface area contributed by atoms with Crippen LogP contribution in [0.5, 0.6) is 11.5 Å². The fourth-order valence-electron chi connectivity index (χ4n) is 1.55. The molecule has 0 aliphatic heterocycles. The Labute approximate surface area is 93.9 Å². The van der Waals surface area contributed by atoms with Gasteiger partial charge < -0.3 is 14.7 Å². The predicted molar refractivity (Wildman–Crippen MR) is 57.7 cm³/mol. The number of alkyl halides is 1. The molecule has 0 bridgehead atoms. The molecule has 0 spiro atoms. The van der Waals surface area contributed by atoms with Crippen LogP contribution < -0.4 is 15.0 Å². The molecule has 4 nitrogen and oxygen atoms in total. The van der Waals surface area contributed by atoms with Crippen molar-refractivity contribution in [1.82, 2.24) is 5.48 Å². The van der Waals surface area contributed by atoms with Gasteiger partial charge in [-0.15, -0.1) is 0 Å². The van der Waals surface area contributed by atoms with Crippen molar-refractivity contribution in [3.05, 3.63) is 23.3 Å². The fourth-order valence-corrected chi connectivity index (χ4v) is 1.55. The number of hydrogen-bond donors (Lipinski definition) is 2. The highest BCUT2D eigenvalue weighted by Crippen LogP contribution is 2.34. The average Bonchev–Trinajstić information content (AvgIpc) is 2.28. The summed E-state index contributed by atoms with van der Waals surface area (Å²) in [7, 11) is 3.00. The first-order chi connectivity index (χ1) is 7.63. The number of methoxy groups -OCH3 is 2. The zero-order valence-corrected chi connectivity index (χ0v) is 9.58. The maximum Gasteiger partial charge on any atom is 0.161 e.